The first-order valence-electron chi connectivity index (χ1n) is 12.0. The highest BCUT2D eigenvalue weighted by atomic mass is 32.2. The van der Waals surface area contributed by atoms with E-state index >= 15 is 0 Å². The molecular weight excluding hydrogens is 460 g/mol. The zero-order chi connectivity index (χ0) is 27.5. The normalized spacial score (nSPS) is 15.0. The van der Waals surface area contributed by atoms with Crippen LogP contribution in [0.2, 0.25) is 0 Å². The Morgan fingerprint density at radius 3 is 2.53 bits per heavy atom. The van der Waals surface area contributed by atoms with Crippen LogP contribution in [0.1, 0.15) is 56.5 Å². The van der Waals surface area contributed by atoms with Crippen LogP contribution in [0.25, 0.3) is 0 Å². The van der Waals surface area contributed by atoms with Crippen LogP contribution in [0.4, 0.5) is 0 Å². The second kappa shape index (κ2) is 10.3. The molecule has 0 radical (unpaired) electrons. The molecule has 182 valence electrons. The van der Waals surface area contributed by atoms with E-state index in [-0.39, 0.29) is 52.5 Å². The smallest absolute Gasteiger partial charge is 0.342 e. The van der Waals surface area contributed by atoms with Gasteiger partial charge in [-0.2, -0.15) is 8.42 Å². The number of carbonyl (C=O) groups excluding carboxylic acids is 2. The number of aryl methyl sites for hydroxylation is 1. The quantitative estimate of drug-likeness (QED) is 0.292. The number of hydrogen-bond donors (Lipinski definition) is 0. The van der Waals surface area contributed by atoms with Crippen molar-refractivity contribution in [3.05, 3.63) is 63.7 Å². The Bertz CT molecular complexity index is 1340. The number of fused-ring (bicyclic) bond motifs is 1. The molecule has 2 aromatic carbocycles. The average molecular weight is 492 g/mol. The van der Waals surface area contributed by atoms with E-state index in [1.54, 1.807) is 39.0 Å². The monoisotopic (exact) mass is 491 g/mol. The number of cyclic esters (lactones) is 1. The summed E-state index contributed by atoms with van der Waals surface area (Å²) in [7, 11) is -6.01. The Morgan fingerprint density at radius 1 is 1.18 bits per heavy atom. The Morgan fingerprint density at radius 2 is 1.88 bits per heavy atom. The molecule has 1 aliphatic heterocycles. The van der Waals surface area contributed by atoms with Crippen LogP contribution in [0.15, 0.2) is 40.8 Å². The van der Waals surface area contributed by atoms with Crippen LogP contribution in [-0.4, -0.2) is 34.5 Å². The first-order valence-corrected chi connectivity index (χ1v) is 11.9. The molecule has 2 aromatic rings. The summed E-state index contributed by atoms with van der Waals surface area (Å²) in [6, 6.07) is 5.94. The largest absolute Gasteiger partial charge is 0.496 e. The van der Waals surface area contributed by atoms with Gasteiger partial charge in [-0.25, -0.2) is 4.79 Å². The molecular formula is C25H28O8S. The van der Waals surface area contributed by atoms with Gasteiger partial charge in [0.15, 0.2) is 5.75 Å². The zero-order valence-electron chi connectivity index (χ0n) is 22.4. The molecule has 3 rings (SSSR count). The van der Waals surface area contributed by atoms with Crippen LogP contribution in [-0.2, 0) is 37.4 Å². The van der Waals surface area contributed by atoms with Crippen LogP contribution in [0.3, 0.4) is 0 Å². The highest BCUT2D eigenvalue weighted by Gasteiger charge is 2.35. The van der Waals surface area contributed by atoms with E-state index in [0.29, 0.717) is 12.0 Å². The molecule has 0 spiro atoms. The molecule has 0 atom stereocenters. The fourth-order valence-electron chi connectivity index (χ4n) is 3.61. The molecule has 0 saturated heterocycles. The maximum absolute atomic E-state index is 13.2. The predicted octanol–water partition coefficient (Wildman–Crippen LogP) is 4.19. The zero-order valence-corrected chi connectivity index (χ0v) is 20.2. The average Bonchev–Trinajstić information content (AvgIpc) is 3.21. The van der Waals surface area contributed by atoms with Gasteiger partial charge >= 0.3 is 22.1 Å². The van der Waals surface area contributed by atoms with Gasteiger partial charge in [-0.3, -0.25) is 4.79 Å². The van der Waals surface area contributed by atoms with E-state index < -0.39 is 29.1 Å². The van der Waals surface area contributed by atoms with E-state index in [0.717, 1.165) is 11.1 Å². The van der Waals surface area contributed by atoms with Gasteiger partial charge in [0, 0.05) is 17.5 Å². The summed E-state index contributed by atoms with van der Waals surface area (Å²) in [5, 5.41) is 0. The number of carbonyl (C=O) groups is 2. The van der Waals surface area contributed by atoms with Gasteiger partial charge in [0.1, 0.15) is 22.8 Å². The topological polar surface area (TPSA) is 105 Å². The molecule has 0 amide bonds. The van der Waals surface area contributed by atoms with Gasteiger partial charge < -0.3 is 18.4 Å². The summed E-state index contributed by atoms with van der Waals surface area (Å²) in [6.45, 7) is 4.93. The third-order valence-electron chi connectivity index (χ3n) is 5.63. The number of allylic oxidation sites excluding steroid dienone is 2. The minimum atomic E-state index is -4.42. The molecule has 0 bridgehead atoms. The summed E-state index contributed by atoms with van der Waals surface area (Å²) in [5.74, 6) is -1.66. The lowest BCUT2D eigenvalue weighted by Gasteiger charge is -2.19. The minimum Gasteiger partial charge on any atom is -0.496 e. The standard InChI is InChI=1S/C25H28O8S/c1-15-6-10-18(11-7-15)34(28,29)33-24-19(12-8-16(2)9-13-21(26)30-4)23(31-5)17(3)20-14-32-25(27)22(20)24/h6-8,10-11H,9,12-14H2,1-5H3/b16-8+/i5D3. The number of methoxy groups -OCH3 is 2. The molecule has 0 saturated carbocycles. The van der Waals surface area contributed by atoms with Crippen molar-refractivity contribution >= 4 is 22.1 Å². The van der Waals surface area contributed by atoms with Crippen molar-refractivity contribution in [3.63, 3.8) is 0 Å². The molecule has 0 aromatic heterocycles. The van der Waals surface area contributed by atoms with E-state index in [9.17, 15) is 18.0 Å². The van der Waals surface area contributed by atoms with Crippen molar-refractivity contribution in [2.24, 2.45) is 0 Å². The van der Waals surface area contributed by atoms with Crippen molar-refractivity contribution in [2.45, 2.75) is 51.5 Å². The maximum Gasteiger partial charge on any atom is 0.342 e. The highest BCUT2D eigenvalue weighted by molar-refractivity contribution is 7.87. The number of benzene rings is 2. The van der Waals surface area contributed by atoms with Crippen molar-refractivity contribution in [3.8, 4) is 11.5 Å². The third kappa shape index (κ3) is 5.25. The van der Waals surface area contributed by atoms with Crippen molar-refractivity contribution in [1.29, 1.82) is 0 Å². The van der Waals surface area contributed by atoms with Crippen LogP contribution < -0.4 is 8.92 Å². The lowest BCUT2D eigenvalue weighted by Crippen LogP contribution is -2.15. The fourth-order valence-corrected chi connectivity index (χ4v) is 4.58. The molecule has 0 unspecified atom stereocenters. The van der Waals surface area contributed by atoms with Crippen LogP contribution in [0, 0.1) is 13.8 Å². The second-order valence-electron chi connectivity index (χ2n) is 7.97. The molecule has 1 aliphatic rings. The van der Waals surface area contributed by atoms with E-state index in [1.807, 2.05) is 0 Å². The molecule has 0 N–H and O–H groups in total. The van der Waals surface area contributed by atoms with E-state index in [2.05, 4.69) is 4.74 Å². The van der Waals surface area contributed by atoms with Gasteiger partial charge in [-0.1, -0.05) is 29.3 Å². The number of ether oxygens (including phenoxy) is 3. The molecule has 1 heterocycles. The molecule has 8 nitrogen and oxygen atoms in total. The summed E-state index contributed by atoms with van der Waals surface area (Å²) in [4.78, 5) is 24.0. The van der Waals surface area contributed by atoms with E-state index in [1.165, 1.54) is 19.2 Å². The Hall–Kier alpha value is -3.33. The summed E-state index contributed by atoms with van der Waals surface area (Å²) in [6.07, 6.45) is 2.12. The number of rotatable bonds is 9. The van der Waals surface area contributed by atoms with Crippen LogP contribution in [0.5, 0.6) is 11.5 Å². The fraction of sp³-hybridized carbons (Fsp3) is 0.360. The number of esters is 2. The first kappa shape index (κ1) is 21.2. The summed E-state index contributed by atoms with van der Waals surface area (Å²) >= 11 is 0. The third-order valence-corrected chi connectivity index (χ3v) is 6.87. The summed E-state index contributed by atoms with van der Waals surface area (Å²) in [5.41, 5.74) is 2.15. The Kier molecular flexibility index (Phi) is 6.43. The summed E-state index contributed by atoms with van der Waals surface area (Å²) < 4.78 is 70.0. The molecule has 34 heavy (non-hydrogen) atoms. The van der Waals surface area contributed by atoms with E-state index in [4.69, 9.17) is 17.8 Å². The minimum absolute atomic E-state index is 0.0431. The molecule has 9 heteroatoms. The number of hydrogen-bond acceptors (Lipinski definition) is 8. The van der Waals surface area contributed by atoms with Gasteiger partial charge in [-0.05, 0) is 51.3 Å². The molecule has 0 aliphatic carbocycles. The lowest BCUT2D eigenvalue weighted by molar-refractivity contribution is -0.140. The maximum atomic E-state index is 13.2. The first-order chi connectivity index (χ1) is 17.2. The highest BCUT2D eigenvalue weighted by Crippen LogP contribution is 2.43. The van der Waals surface area contributed by atoms with Gasteiger partial charge in [0.05, 0.1) is 18.3 Å². The van der Waals surface area contributed by atoms with Crippen LogP contribution >= 0.6 is 0 Å². The van der Waals surface area contributed by atoms with Crippen molar-refractivity contribution in [1.82, 2.24) is 0 Å². The van der Waals surface area contributed by atoms with Crippen molar-refractivity contribution < 1.29 is 40.5 Å². The Balaban J connectivity index is 2.18. The Labute approximate surface area is 203 Å². The van der Waals surface area contributed by atoms with Gasteiger partial charge in [0.25, 0.3) is 0 Å². The lowest BCUT2D eigenvalue weighted by atomic mass is 9.94. The van der Waals surface area contributed by atoms with Gasteiger partial charge in [-0.15, -0.1) is 0 Å². The van der Waals surface area contributed by atoms with Crippen molar-refractivity contribution in [2.75, 3.05) is 14.1 Å². The van der Waals surface area contributed by atoms with Gasteiger partial charge in [0.2, 0.25) is 0 Å². The second-order valence-corrected chi connectivity index (χ2v) is 9.52. The predicted molar refractivity (Wildman–Crippen MR) is 125 cm³/mol. The molecule has 0 fully saturated rings. The SMILES string of the molecule is [2H]C([2H])([2H])Oc1c(C)c2c(c(OS(=O)(=O)c3ccc(C)cc3)c1C/C=C(\C)CCC(=O)OC)C(=O)OC2.